The highest BCUT2D eigenvalue weighted by atomic mass is 16.4. The Labute approximate surface area is 187 Å². The van der Waals surface area contributed by atoms with Gasteiger partial charge in [0.25, 0.3) is 0 Å². The number of carboxylic acids is 3. The molecule has 0 aliphatic rings. The zero-order chi connectivity index (χ0) is 23.9. The monoisotopic (exact) mass is 441 g/mol. The van der Waals surface area contributed by atoms with Crippen molar-refractivity contribution in [1.29, 1.82) is 0 Å². The molecule has 0 aromatic carbocycles. The number of carbonyl (C=O) groups excluding carboxylic acids is 1. The maximum absolute atomic E-state index is 12.1. The molecule has 0 aromatic heterocycles. The number of quaternary nitrogens is 1. The van der Waals surface area contributed by atoms with Gasteiger partial charge in [-0.25, -0.2) is 9.59 Å². The van der Waals surface area contributed by atoms with Crippen molar-refractivity contribution < 1.29 is 34.2 Å². The maximum Gasteiger partial charge on any atom is 0.362 e. The van der Waals surface area contributed by atoms with Gasteiger partial charge in [0.15, 0.2) is 12.1 Å². The molecule has 0 aliphatic carbocycles. The van der Waals surface area contributed by atoms with Gasteiger partial charge in [-0.1, -0.05) is 59.1 Å². The van der Waals surface area contributed by atoms with Crippen LogP contribution in [0.5, 0.6) is 0 Å². The highest BCUT2D eigenvalue weighted by molar-refractivity contribution is 5.77. The molecule has 3 unspecified atom stereocenters. The van der Waals surface area contributed by atoms with Crippen LogP contribution in [-0.2, 0) is 14.4 Å². The zero-order valence-electron chi connectivity index (χ0n) is 19.8. The summed E-state index contributed by atoms with van der Waals surface area (Å²) in [5.74, 6) is -3.68. The van der Waals surface area contributed by atoms with Crippen LogP contribution in [-0.4, -0.2) is 57.3 Å². The number of aliphatic carboxylic acids is 3. The van der Waals surface area contributed by atoms with Crippen LogP contribution in [0.2, 0.25) is 0 Å². The highest BCUT2D eigenvalue weighted by Crippen LogP contribution is 2.32. The van der Waals surface area contributed by atoms with Crippen LogP contribution in [0.4, 0.5) is 0 Å². The lowest BCUT2D eigenvalue weighted by molar-refractivity contribution is -0.974. The molecule has 31 heavy (non-hydrogen) atoms. The molecule has 0 aromatic rings. The Kier molecular flexibility index (Phi) is 14.9. The molecule has 0 heterocycles. The van der Waals surface area contributed by atoms with E-state index in [2.05, 4.69) is 19.1 Å². The quantitative estimate of drug-likeness (QED) is 0.179. The molecule has 2 N–H and O–H groups in total. The van der Waals surface area contributed by atoms with Gasteiger partial charge in [0.05, 0.1) is 12.5 Å². The fourth-order valence-electron chi connectivity index (χ4n) is 4.82. The summed E-state index contributed by atoms with van der Waals surface area (Å²) in [6.07, 6.45) is 12.6. The number of nitrogens with zero attached hydrogens (tertiary/aromatic N) is 1. The van der Waals surface area contributed by atoms with E-state index < -0.39 is 40.5 Å². The Morgan fingerprint density at radius 3 is 1.58 bits per heavy atom. The van der Waals surface area contributed by atoms with Gasteiger partial charge in [-0.2, -0.15) is 0 Å². The highest BCUT2D eigenvalue weighted by Gasteiger charge is 2.53. The molecule has 180 valence electrons. The minimum Gasteiger partial charge on any atom is -0.544 e. The lowest BCUT2D eigenvalue weighted by atomic mass is 9.94. The maximum atomic E-state index is 12.1. The molecule has 0 aliphatic heterocycles. The van der Waals surface area contributed by atoms with E-state index >= 15 is 0 Å². The molecule has 0 fully saturated rings. The number of carbonyl (C=O) groups is 3. The minimum atomic E-state index is -1.38. The van der Waals surface area contributed by atoms with E-state index in [1.807, 2.05) is 0 Å². The molecule has 7 heteroatoms. The van der Waals surface area contributed by atoms with E-state index in [1.165, 1.54) is 12.8 Å². The molecule has 0 radical (unpaired) electrons. The van der Waals surface area contributed by atoms with Crippen molar-refractivity contribution in [3.8, 4) is 0 Å². The van der Waals surface area contributed by atoms with Crippen LogP contribution >= 0.6 is 0 Å². The lowest BCUT2D eigenvalue weighted by Crippen LogP contribution is -2.73. The minimum absolute atomic E-state index is 0.123. The first-order chi connectivity index (χ1) is 14.7. The van der Waals surface area contributed by atoms with Crippen molar-refractivity contribution in [3.05, 3.63) is 12.2 Å². The van der Waals surface area contributed by atoms with Crippen molar-refractivity contribution in [3.63, 3.8) is 0 Å². The smallest absolute Gasteiger partial charge is 0.362 e. The molecule has 3 atom stereocenters. The van der Waals surface area contributed by atoms with Crippen molar-refractivity contribution in [2.45, 2.75) is 116 Å². The standard InChI is InChI=1S/C24H43NO6/c1-5-9-10-11-12-13-14-15-16-17-18-25(19(6-2)22(26)27,20(7-3)23(28)29)21(8-4)24(30)31/h11-12,19-21H,5-10,13-18H2,1-4H3,(H2-,26,27,28,29,30,31)/b12-11+. The molecule has 0 saturated carbocycles. The number of rotatable bonds is 19. The summed E-state index contributed by atoms with van der Waals surface area (Å²) in [5, 5.41) is 31.8. The van der Waals surface area contributed by atoms with Crippen LogP contribution in [0.25, 0.3) is 0 Å². The predicted molar refractivity (Wildman–Crippen MR) is 119 cm³/mol. The summed E-state index contributed by atoms with van der Waals surface area (Å²) in [7, 11) is 0. The van der Waals surface area contributed by atoms with Gasteiger partial charge in [0.2, 0.25) is 0 Å². The van der Waals surface area contributed by atoms with Gasteiger partial charge in [-0.3, -0.25) is 4.48 Å². The summed E-state index contributed by atoms with van der Waals surface area (Å²) in [6.45, 7) is 7.37. The van der Waals surface area contributed by atoms with Gasteiger partial charge >= 0.3 is 11.9 Å². The zero-order valence-corrected chi connectivity index (χ0v) is 19.8. The first-order valence-electron chi connectivity index (χ1n) is 11.9. The van der Waals surface area contributed by atoms with Crippen LogP contribution in [0.1, 0.15) is 98.3 Å². The van der Waals surface area contributed by atoms with Crippen LogP contribution < -0.4 is 5.11 Å². The van der Waals surface area contributed by atoms with E-state index in [-0.39, 0.29) is 25.8 Å². The third-order valence-electron chi connectivity index (χ3n) is 6.30. The second-order valence-corrected chi connectivity index (χ2v) is 8.30. The third-order valence-corrected chi connectivity index (χ3v) is 6.30. The molecule has 0 bridgehead atoms. The first kappa shape index (κ1) is 29.1. The third kappa shape index (κ3) is 8.63. The van der Waals surface area contributed by atoms with Gasteiger partial charge in [-0.15, -0.1) is 0 Å². The average molecular weight is 442 g/mol. The van der Waals surface area contributed by atoms with Gasteiger partial charge in [0.1, 0.15) is 6.04 Å². The van der Waals surface area contributed by atoms with Crippen LogP contribution in [0, 0.1) is 0 Å². The van der Waals surface area contributed by atoms with E-state index in [9.17, 15) is 29.7 Å². The second kappa shape index (κ2) is 15.8. The van der Waals surface area contributed by atoms with Crippen molar-refractivity contribution in [2.75, 3.05) is 6.54 Å². The van der Waals surface area contributed by atoms with Gasteiger partial charge in [0, 0.05) is 19.3 Å². The van der Waals surface area contributed by atoms with Crippen LogP contribution in [0.3, 0.4) is 0 Å². The second-order valence-electron chi connectivity index (χ2n) is 8.30. The predicted octanol–water partition coefficient (Wildman–Crippen LogP) is 3.76. The molecule has 0 spiro atoms. The van der Waals surface area contributed by atoms with Crippen LogP contribution in [0.15, 0.2) is 12.2 Å². The SMILES string of the molecule is CCCC/C=C/CCCCCC[N+](C(CC)C(=O)[O-])(C(CC)C(=O)O)C(CC)C(=O)O. The normalized spacial score (nSPS) is 16.5. The van der Waals surface area contributed by atoms with E-state index in [4.69, 9.17) is 0 Å². The topological polar surface area (TPSA) is 115 Å². The molecule has 0 amide bonds. The Balaban J connectivity index is 5.51. The Morgan fingerprint density at radius 2 is 1.19 bits per heavy atom. The molecule has 0 saturated heterocycles. The largest absolute Gasteiger partial charge is 0.544 e. The summed E-state index contributed by atoms with van der Waals surface area (Å²) in [6, 6.07) is -3.39. The average Bonchev–Trinajstić information content (AvgIpc) is 2.69. The number of hydrogen-bond donors (Lipinski definition) is 2. The van der Waals surface area contributed by atoms with Crippen molar-refractivity contribution in [1.82, 2.24) is 0 Å². The number of allylic oxidation sites excluding steroid dienone is 2. The number of hydrogen-bond acceptors (Lipinski definition) is 4. The molecular formula is C24H43NO6. The fourth-order valence-corrected chi connectivity index (χ4v) is 4.82. The van der Waals surface area contributed by atoms with Crippen molar-refractivity contribution >= 4 is 17.9 Å². The number of carboxylic acid groups (broad SMARTS) is 3. The fraction of sp³-hybridized carbons (Fsp3) is 0.792. The Bertz CT molecular complexity index is 519. The van der Waals surface area contributed by atoms with Gasteiger partial charge in [-0.05, 0) is 32.1 Å². The molecular weight excluding hydrogens is 398 g/mol. The summed E-state index contributed by atoms with van der Waals surface area (Å²) >= 11 is 0. The van der Waals surface area contributed by atoms with E-state index in [1.54, 1.807) is 20.8 Å². The van der Waals surface area contributed by atoms with E-state index in [0.29, 0.717) is 6.42 Å². The van der Waals surface area contributed by atoms with Crippen molar-refractivity contribution in [2.24, 2.45) is 0 Å². The van der Waals surface area contributed by atoms with E-state index in [0.717, 1.165) is 32.1 Å². The Morgan fingerprint density at radius 1 is 0.742 bits per heavy atom. The number of unbranched alkanes of at least 4 members (excludes halogenated alkanes) is 6. The summed E-state index contributed by atoms with van der Waals surface area (Å²) < 4.78 is -0.479. The molecule has 7 nitrogen and oxygen atoms in total. The Hall–Kier alpha value is -1.89. The van der Waals surface area contributed by atoms with Gasteiger partial charge < -0.3 is 20.1 Å². The molecule has 0 rings (SSSR count). The lowest BCUT2D eigenvalue weighted by Gasteiger charge is -2.51. The summed E-state index contributed by atoms with van der Waals surface area (Å²) in [4.78, 5) is 36.3. The first-order valence-corrected chi connectivity index (χ1v) is 11.9. The summed E-state index contributed by atoms with van der Waals surface area (Å²) in [5.41, 5.74) is 0.